The van der Waals surface area contributed by atoms with Gasteiger partial charge in [-0.05, 0) is 11.6 Å². The zero-order valence-corrected chi connectivity index (χ0v) is 9.27. The Morgan fingerprint density at radius 3 is 2.88 bits per heavy atom. The summed E-state index contributed by atoms with van der Waals surface area (Å²) in [6, 6.07) is 1.92. The second kappa shape index (κ2) is 4.27. The maximum Gasteiger partial charge on any atom is 0.235 e. The summed E-state index contributed by atoms with van der Waals surface area (Å²) in [6.07, 6.45) is 3.68. The normalized spacial score (nSPS) is 17.9. The van der Waals surface area contributed by atoms with E-state index in [0.29, 0.717) is 19.8 Å². The summed E-state index contributed by atoms with van der Waals surface area (Å²) < 4.78 is 5.02. The first-order valence-corrected chi connectivity index (χ1v) is 5.24. The quantitative estimate of drug-likeness (QED) is 0.755. The summed E-state index contributed by atoms with van der Waals surface area (Å²) in [6.45, 7) is 1.03. The molecule has 1 saturated heterocycles. The second-order valence-electron chi connectivity index (χ2n) is 4.31. The van der Waals surface area contributed by atoms with Crippen LogP contribution in [0.2, 0.25) is 0 Å². The van der Waals surface area contributed by atoms with Gasteiger partial charge >= 0.3 is 0 Å². The van der Waals surface area contributed by atoms with Gasteiger partial charge in [-0.2, -0.15) is 0 Å². The van der Waals surface area contributed by atoms with Crippen molar-refractivity contribution in [2.24, 2.45) is 5.41 Å². The van der Waals surface area contributed by atoms with Gasteiger partial charge in [-0.1, -0.05) is 0 Å². The molecule has 88 valence electrons. The van der Waals surface area contributed by atoms with Crippen LogP contribution in [0.1, 0.15) is 5.56 Å². The molecule has 0 atom stereocenters. The zero-order chi connectivity index (χ0) is 11.6. The van der Waals surface area contributed by atoms with Gasteiger partial charge in [0.25, 0.3) is 0 Å². The summed E-state index contributed by atoms with van der Waals surface area (Å²) in [5.74, 6) is -0.0533. The van der Waals surface area contributed by atoms with E-state index in [1.807, 2.05) is 18.5 Å². The van der Waals surface area contributed by atoms with Gasteiger partial charge < -0.3 is 19.7 Å². The molecule has 2 heterocycles. The number of aliphatic hydroxyl groups is 1. The highest BCUT2D eigenvalue weighted by molar-refractivity contribution is 5.83. The highest BCUT2D eigenvalue weighted by Gasteiger charge is 2.46. The van der Waals surface area contributed by atoms with Gasteiger partial charge in [0.2, 0.25) is 5.91 Å². The molecule has 1 aliphatic heterocycles. The number of hydrogen-bond acceptors (Lipinski definition) is 3. The van der Waals surface area contributed by atoms with E-state index in [2.05, 4.69) is 4.98 Å². The Morgan fingerprint density at radius 1 is 1.69 bits per heavy atom. The highest BCUT2D eigenvalue weighted by atomic mass is 16.5. The molecule has 5 heteroatoms. The molecule has 0 bridgehead atoms. The van der Waals surface area contributed by atoms with Crippen molar-refractivity contribution in [1.29, 1.82) is 0 Å². The molecular weight excluding hydrogens is 208 g/mol. The Bertz CT molecular complexity index is 352. The van der Waals surface area contributed by atoms with Gasteiger partial charge in [-0.25, -0.2) is 0 Å². The van der Waals surface area contributed by atoms with Crippen LogP contribution in [0, 0.1) is 5.41 Å². The lowest BCUT2D eigenvalue weighted by atomic mass is 9.85. The minimum Gasteiger partial charge on any atom is -0.395 e. The van der Waals surface area contributed by atoms with Crippen molar-refractivity contribution in [2.75, 3.05) is 26.9 Å². The van der Waals surface area contributed by atoms with Gasteiger partial charge in [0.05, 0.1) is 19.8 Å². The average molecular weight is 224 g/mol. The number of rotatable bonds is 4. The van der Waals surface area contributed by atoms with Crippen molar-refractivity contribution in [2.45, 2.75) is 6.54 Å². The van der Waals surface area contributed by atoms with Gasteiger partial charge in [-0.3, -0.25) is 4.79 Å². The minimum atomic E-state index is -0.703. The van der Waals surface area contributed by atoms with Crippen LogP contribution >= 0.6 is 0 Å². The largest absolute Gasteiger partial charge is 0.395 e. The van der Waals surface area contributed by atoms with E-state index in [1.165, 1.54) is 0 Å². The van der Waals surface area contributed by atoms with Gasteiger partial charge in [0.1, 0.15) is 5.41 Å². The fourth-order valence-electron chi connectivity index (χ4n) is 1.84. The van der Waals surface area contributed by atoms with E-state index in [4.69, 9.17) is 4.74 Å². The van der Waals surface area contributed by atoms with E-state index < -0.39 is 5.41 Å². The maximum absolute atomic E-state index is 12.1. The van der Waals surface area contributed by atoms with Crippen LogP contribution in [-0.2, 0) is 16.1 Å². The van der Waals surface area contributed by atoms with E-state index in [9.17, 15) is 9.90 Å². The summed E-state index contributed by atoms with van der Waals surface area (Å²) in [7, 11) is 1.74. The number of aromatic nitrogens is 1. The summed E-state index contributed by atoms with van der Waals surface area (Å²) >= 11 is 0. The Labute approximate surface area is 94.0 Å². The predicted molar refractivity (Wildman–Crippen MR) is 57.6 cm³/mol. The number of hydrogen-bond donors (Lipinski definition) is 2. The molecule has 2 N–H and O–H groups in total. The highest BCUT2D eigenvalue weighted by Crippen LogP contribution is 2.29. The number of ether oxygens (including phenoxy) is 1. The topological polar surface area (TPSA) is 65.6 Å². The molecule has 0 radical (unpaired) electrons. The van der Waals surface area contributed by atoms with Crippen molar-refractivity contribution in [3.05, 3.63) is 24.0 Å². The average Bonchev–Trinajstić information content (AvgIpc) is 2.69. The molecule has 1 fully saturated rings. The Hall–Kier alpha value is -1.33. The van der Waals surface area contributed by atoms with Crippen LogP contribution in [0.15, 0.2) is 18.5 Å². The third kappa shape index (κ3) is 1.83. The van der Waals surface area contributed by atoms with Crippen LogP contribution in [0.4, 0.5) is 0 Å². The molecule has 0 saturated carbocycles. The first-order chi connectivity index (χ1) is 7.68. The first kappa shape index (κ1) is 11.2. The van der Waals surface area contributed by atoms with Gasteiger partial charge in [0, 0.05) is 26.0 Å². The number of carbonyl (C=O) groups excluding carboxylic acids is 1. The van der Waals surface area contributed by atoms with E-state index >= 15 is 0 Å². The minimum absolute atomic E-state index is 0.0533. The van der Waals surface area contributed by atoms with E-state index in [-0.39, 0.29) is 12.5 Å². The van der Waals surface area contributed by atoms with Crippen LogP contribution < -0.4 is 0 Å². The Morgan fingerprint density at radius 2 is 2.44 bits per heavy atom. The molecule has 2 rings (SSSR count). The molecular formula is C11H16N2O3. The SMILES string of the molecule is CN(Cc1cc[nH]c1)C(=O)C1(CO)COC1. The van der Waals surface area contributed by atoms with E-state index in [0.717, 1.165) is 5.56 Å². The monoisotopic (exact) mass is 224 g/mol. The zero-order valence-electron chi connectivity index (χ0n) is 9.27. The second-order valence-corrected chi connectivity index (χ2v) is 4.31. The lowest BCUT2D eigenvalue weighted by Crippen LogP contribution is -2.56. The van der Waals surface area contributed by atoms with Crippen molar-refractivity contribution < 1.29 is 14.6 Å². The smallest absolute Gasteiger partial charge is 0.235 e. The van der Waals surface area contributed by atoms with Crippen LogP contribution in [0.5, 0.6) is 0 Å². The molecule has 1 aliphatic rings. The lowest BCUT2D eigenvalue weighted by Gasteiger charge is -2.40. The number of H-pyrrole nitrogens is 1. The number of nitrogens with one attached hydrogen (secondary N) is 1. The summed E-state index contributed by atoms with van der Waals surface area (Å²) in [4.78, 5) is 16.6. The third-order valence-electron chi connectivity index (χ3n) is 2.94. The third-order valence-corrected chi connectivity index (χ3v) is 2.94. The van der Waals surface area contributed by atoms with Crippen LogP contribution in [0.25, 0.3) is 0 Å². The standard InChI is InChI=1S/C11H16N2O3/c1-13(5-9-2-3-12-4-9)10(15)11(6-14)7-16-8-11/h2-4,12,14H,5-8H2,1H3. The Kier molecular flexibility index (Phi) is 2.98. The molecule has 1 amide bonds. The maximum atomic E-state index is 12.1. The number of aliphatic hydroxyl groups excluding tert-OH is 1. The van der Waals surface area contributed by atoms with Crippen molar-refractivity contribution in [1.82, 2.24) is 9.88 Å². The van der Waals surface area contributed by atoms with Gasteiger partial charge in [0.15, 0.2) is 0 Å². The number of aromatic amines is 1. The Balaban J connectivity index is 1.99. The van der Waals surface area contributed by atoms with Crippen molar-refractivity contribution >= 4 is 5.91 Å². The summed E-state index contributed by atoms with van der Waals surface area (Å²) in [5.41, 5.74) is 0.342. The molecule has 0 spiro atoms. The number of amides is 1. The van der Waals surface area contributed by atoms with Crippen molar-refractivity contribution in [3.8, 4) is 0 Å². The van der Waals surface area contributed by atoms with Crippen LogP contribution in [-0.4, -0.2) is 47.8 Å². The van der Waals surface area contributed by atoms with Crippen molar-refractivity contribution in [3.63, 3.8) is 0 Å². The number of nitrogens with zero attached hydrogens (tertiary/aromatic N) is 1. The van der Waals surface area contributed by atoms with Crippen LogP contribution in [0.3, 0.4) is 0 Å². The van der Waals surface area contributed by atoms with Gasteiger partial charge in [-0.15, -0.1) is 0 Å². The molecule has 0 aromatic carbocycles. The molecule has 5 nitrogen and oxygen atoms in total. The number of carbonyl (C=O) groups is 1. The fourth-order valence-corrected chi connectivity index (χ4v) is 1.84. The molecule has 1 aromatic rings. The lowest BCUT2D eigenvalue weighted by molar-refractivity contribution is -0.179. The molecule has 16 heavy (non-hydrogen) atoms. The molecule has 1 aromatic heterocycles. The predicted octanol–water partition coefficient (Wildman–Crippen LogP) is -0.0180. The fraction of sp³-hybridized carbons (Fsp3) is 0.545. The molecule has 0 unspecified atom stereocenters. The summed E-state index contributed by atoms with van der Waals surface area (Å²) in [5, 5.41) is 9.25. The molecule has 0 aliphatic carbocycles. The first-order valence-electron chi connectivity index (χ1n) is 5.24. The van der Waals surface area contributed by atoms with E-state index in [1.54, 1.807) is 11.9 Å².